The van der Waals surface area contributed by atoms with Gasteiger partial charge in [-0.15, -0.1) is 0 Å². The molecule has 0 fully saturated rings. The molecular weight excluding hydrogens is 202 g/mol. The van der Waals surface area contributed by atoms with Crippen molar-refractivity contribution >= 4 is 5.91 Å². The summed E-state index contributed by atoms with van der Waals surface area (Å²) >= 11 is 0. The smallest absolute Gasteiger partial charge is 0.246 e. The van der Waals surface area contributed by atoms with Gasteiger partial charge in [0.25, 0.3) is 0 Å². The molecule has 1 heterocycles. The van der Waals surface area contributed by atoms with Crippen LogP contribution >= 0.6 is 0 Å². The zero-order valence-electron chi connectivity index (χ0n) is 10.1. The number of rotatable bonds is 5. The van der Waals surface area contributed by atoms with Gasteiger partial charge in [-0.05, 0) is 32.4 Å². The van der Waals surface area contributed by atoms with Crippen molar-refractivity contribution in [1.82, 2.24) is 5.32 Å². The van der Waals surface area contributed by atoms with Crippen LogP contribution in [-0.2, 0) is 11.2 Å². The number of hydrogen-bond donors (Lipinski definition) is 1. The molecule has 0 aliphatic rings. The van der Waals surface area contributed by atoms with Gasteiger partial charge in [-0.1, -0.05) is 13.0 Å². The molecule has 0 radical (unpaired) electrons. The molecule has 1 atom stereocenters. The maximum atomic E-state index is 11.7. The van der Waals surface area contributed by atoms with Crippen LogP contribution in [0.2, 0.25) is 0 Å². The number of hydrogen-bond acceptors (Lipinski definition) is 2. The molecule has 0 spiro atoms. The minimum atomic E-state index is 0.000839. The molecule has 1 N–H and O–H groups in total. The predicted octanol–water partition coefficient (Wildman–Crippen LogP) is 2.68. The number of carbonyl (C=O) groups is 1. The van der Waals surface area contributed by atoms with E-state index in [4.69, 9.17) is 4.42 Å². The first-order valence-corrected chi connectivity index (χ1v) is 5.63. The van der Waals surface area contributed by atoms with Gasteiger partial charge in [0.15, 0.2) is 0 Å². The van der Waals surface area contributed by atoms with E-state index in [9.17, 15) is 4.79 Å². The van der Waals surface area contributed by atoms with Crippen LogP contribution in [0.25, 0.3) is 0 Å². The first kappa shape index (κ1) is 12.6. The van der Waals surface area contributed by atoms with E-state index < -0.39 is 0 Å². The molecule has 0 saturated carbocycles. The molecule has 0 aromatic carbocycles. The third-order valence-corrected chi connectivity index (χ3v) is 2.33. The molecule has 0 bridgehead atoms. The lowest BCUT2D eigenvalue weighted by molar-refractivity contribution is -0.118. The Bertz CT molecular complexity index is 352. The van der Waals surface area contributed by atoms with E-state index in [2.05, 4.69) is 5.32 Å². The standard InChI is InChI=1S/C13H19NO2/c1-4-6-10(2)13(15)14-11(3)9-12-7-5-8-16-12/h5-8,11H,4,9H2,1-3H3,(H,14,15)/b10-6+/t11-/m1/s1. The lowest BCUT2D eigenvalue weighted by atomic mass is 10.1. The molecule has 0 unspecified atom stereocenters. The summed E-state index contributed by atoms with van der Waals surface area (Å²) in [5, 5.41) is 2.94. The molecule has 0 aliphatic heterocycles. The van der Waals surface area contributed by atoms with E-state index in [0.717, 1.165) is 24.2 Å². The minimum absolute atomic E-state index is 0.000839. The highest BCUT2D eigenvalue weighted by molar-refractivity contribution is 5.92. The summed E-state index contributed by atoms with van der Waals surface area (Å²) in [6, 6.07) is 3.85. The van der Waals surface area contributed by atoms with E-state index in [1.807, 2.05) is 39.0 Å². The summed E-state index contributed by atoms with van der Waals surface area (Å²) in [6.45, 7) is 5.82. The van der Waals surface area contributed by atoms with Gasteiger partial charge in [0.2, 0.25) is 5.91 Å². The maximum absolute atomic E-state index is 11.7. The lowest BCUT2D eigenvalue weighted by Crippen LogP contribution is -2.34. The highest BCUT2D eigenvalue weighted by Crippen LogP contribution is 2.04. The summed E-state index contributed by atoms with van der Waals surface area (Å²) in [5.74, 6) is 0.894. The average Bonchev–Trinajstić information content (AvgIpc) is 2.70. The first-order chi connectivity index (χ1) is 7.63. The second kappa shape index (κ2) is 6.16. The Morgan fingerprint density at radius 3 is 2.94 bits per heavy atom. The van der Waals surface area contributed by atoms with Gasteiger partial charge >= 0.3 is 0 Å². The largest absolute Gasteiger partial charge is 0.469 e. The van der Waals surface area contributed by atoms with Gasteiger partial charge < -0.3 is 9.73 Å². The molecule has 3 nitrogen and oxygen atoms in total. The van der Waals surface area contributed by atoms with E-state index in [-0.39, 0.29) is 11.9 Å². The molecule has 0 saturated heterocycles. The van der Waals surface area contributed by atoms with Crippen LogP contribution in [0.5, 0.6) is 0 Å². The van der Waals surface area contributed by atoms with E-state index >= 15 is 0 Å². The zero-order valence-corrected chi connectivity index (χ0v) is 10.1. The lowest BCUT2D eigenvalue weighted by Gasteiger charge is -2.12. The van der Waals surface area contributed by atoms with Crippen LogP contribution in [0.1, 0.15) is 33.0 Å². The average molecular weight is 221 g/mol. The van der Waals surface area contributed by atoms with Gasteiger partial charge in [0.05, 0.1) is 6.26 Å². The van der Waals surface area contributed by atoms with Gasteiger partial charge in [-0.25, -0.2) is 0 Å². The summed E-state index contributed by atoms with van der Waals surface area (Å²) in [5.41, 5.74) is 0.772. The Balaban J connectivity index is 2.42. The molecule has 3 heteroatoms. The number of furan rings is 1. The monoisotopic (exact) mass is 221 g/mol. The van der Waals surface area contributed by atoms with Crippen LogP contribution in [0.4, 0.5) is 0 Å². The highest BCUT2D eigenvalue weighted by Gasteiger charge is 2.10. The van der Waals surface area contributed by atoms with Crippen molar-refractivity contribution in [3.8, 4) is 0 Å². The Morgan fingerprint density at radius 1 is 1.62 bits per heavy atom. The number of allylic oxidation sites excluding steroid dienone is 1. The topological polar surface area (TPSA) is 42.2 Å². The van der Waals surface area contributed by atoms with Crippen molar-refractivity contribution < 1.29 is 9.21 Å². The Morgan fingerprint density at radius 2 is 2.38 bits per heavy atom. The van der Waals surface area contributed by atoms with Crippen molar-refractivity contribution in [2.45, 2.75) is 39.7 Å². The Kier molecular flexibility index (Phi) is 4.83. The quantitative estimate of drug-likeness (QED) is 0.777. The first-order valence-electron chi connectivity index (χ1n) is 5.63. The van der Waals surface area contributed by atoms with Crippen molar-refractivity contribution in [3.63, 3.8) is 0 Å². The second-order valence-corrected chi connectivity index (χ2v) is 3.95. The molecule has 1 aromatic heterocycles. The third kappa shape index (κ3) is 3.93. The summed E-state index contributed by atoms with van der Waals surface area (Å²) in [7, 11) is 0. The van der Waals surface area contributed by atoms with Crippen LogP contribution in [-0.4, -0.2) is 11.9 Å². The van der Waals surface area contributed by atoms with Gasteiger partial charge in [0.1, 0.15) is 5.76 Å². The highest BCUT2D eigenvalue weighted by atomic mass is 16.3. The number of nitrogens with one attached hydrogen (secondary N) is 1. The molecule has 1 rings (SSSR count). The molecule has 0 aliphatic carbocycles. The molecule has 1 amide bonds. The fourth-order valence-corrected chi connectivity index (χ4v) is 1.52. The van der Waals surface area contributed by atoms with Gasteiger partial charge in [-0.2, -0.15) is 0 Å². The maximum Gasteiger partial charge on any atom is 0.246 e. The fraction of sp³-hybridized carbons (Fsp3) is 0.462. The fourth-order valence-electron chi connectivity index (χ4n) is 1.52. The van der Waals surface area contributed by atoms with E-state index in [1.165, 1.54) is 0 Å². The normalized spacial score (nSPS) is 13.6. The Hall–Kier alpha value is -1.51. The summed E-state index contributed by atoms with van der Waals surface area (Å²) in [6.07, 6.45) is 5.17. The van der Waals surface area contributed by atoms with Gasteiger partial charge in [-0.3, -0.25) is 4.79 Å². The SMILES string of the molecule is CC/C=C(\C)C(=O)N[C@H](C)Cc1ccco1. The summed E-state index contributed by atoms with van der Waals surface area (Å²) in [4.78, 5) is 11.7. The molecule has 88 valence electrons. The predicted molar refractivity (Wildman–Crippen MR) is 64.1 cm³/mol. The molecular formula is C13H19NO2. The zero-order chi connectivity index (χ0) is 12.0. The van der Waals surface area contributed by atoms with Crippen LogP contribution in [0, 0.1) is 0 Å². The molecule has 16 heavy (non-hydrogen) atoms. The van der Waals surface area contributed by atoms with Crippen LogP contribution in [0.3, 0.4) is 0 Å². The Labute approximate surface area is 96.5 Å². The van der Waals surface area contributed by atoms with Crippen molar-refractivity contribution in [1.29, 1.82) is 0 Å². The van der Waals surface area contributed by atoms with Crippen LogP contribution < -0.4 is 5.32 Å². The molecule has 1 aromatic rings. The number of amides is 1. The van der Waals surface area contributed by atoms with Gasteiger partial charge in [0, 0.05) is 18.0 Å². The van der Waals surface area contributed by atoms with Crippen molar-refractivity contribution in [2.75, 3.05) is 0 Å². The number of carbonyl (C=O) groups excluding carboxylic acids is 1. The second-order valence-electron chi connectivity index (χ2n) is 3.95. The van der Waals surface area contributed by atoms with Crippen molar-refractivity contribution in [3.05, 3.63) is 35.8 Å². The summed E-state index contributed by atoms with van der Waals surface area (Å²) < 4.78 is 5.23. The third-order valence-electron chi connectivity index (χ3n) is 2.33. The van der Waals surface area contributed by atoms with Crippen molar-refractivity contribution in [2.24, 2.45) is 0 Å². The van der Waals surface area contributed by atoms with E-state index in [1.54, 1.807) is 6.26 Å². The minimum Gasteiger partial charge on any atom is -0.469 e. The van der Waals surface area contributed by atoms with E-state index in [0.29, 0.717) is 0 Å². The van der Waals surface area contributed by atoms with Crippen LogP contribution in [0.15, 0.2) is 34.5 Å².